The number of nitrogens with zero attached hydrogens (tertiary/aromatic N) is 2. The first-order valence-electron chi connectivity index (χ1n) is 9.52. The number of anilines is 1. The fraction of sp³-hybridized carbons (Fsp3) is 0.143. The van der Waals surface area contributed by atoms with Crippen LogP contribution < -0.4 is 18.9 Å². The van der Waals surface area contributed by atoms with Gasteiger partial charge in [0.2, 0.25) is 5.88 Å². The van der Waals surface area contributed by atoms with E-state index in [9.17, 15) is 17.6 Å². The van der Waals surface area contributed by atoms with Crippen LogP contribution in [0.2, 0.25) is 0 Å². The third-order valence-corrected chi connectivity index (χ3v) is 5.69. The zero-order valence-corrected chi connectivity index (χ0v) is 17.7. The topological polar surface area (TPSA) is 110 Å². The van der Waals surface area contributed by atoms with E-state index < -0.39 is 22.1 Å². The molecule has 0 saturated heterocycles. The zero-order valence-electron chi connectivity index (χ0n) is 16.9. The van der Waals surface area contributed by atoms with Crippen LogP contribution >= 0.6 is 0 Å². The van der Waals surface area contributed by atoms with Crippen molar-refractivity contribution in [3.63, 3.8) is 0 Å². The molecule has 2 N–H and O–H groups in total. The highest BCUT2D eigenvalue weighted by Gasteiger charge is 2.27. The minimum atomic E-state index is -3.88. The summed E-state index contributed by atoms with van der Waals surface area (Å²) in [5, 5.41) is 0. The lowest BCUT2D eigenvalue weighted by Crippen LogP contribution is -2.36. The van der Waals surface area contributed by atoms with Gasteiger partial charge in [-0.2, -0.15) is 8.42 Å². The molecule has 0 unspecified atom stereocenters. The van der Waals surface area contributed by atoms with E-state index in [0.29, 0.717) is 22.9 Å². The Morgan fingerprint density at radius 3 is 2.78 bits per heavy atom. The highest BCUT2D eigenvalue weighted by molar-refractivity contribution is 7.90. The Morgan fingerprint density at radius 1 is 1.19 bits per heavy atom. The van der Waals surface area contributed by atoms with Crippen LogP contribution in [-0.2, 0) is 23.3 Å². The molecule has 0 bridgehead atoms. The summed E-state index contributed by atoms with van der Waals surface area (Å²) in [6.07, 6.45) is 0.941. The molecule has 4 rings (SSSR count). The average molecular weight is 458 g/mol. The lowest BCUT2D eigenvalue weighted by molar-refractivity contribution is 0.134. The minimum absolute atomic E-state index is 0.106. The van der Waals surface area contributed by atoms with E-state index in [0.717, 1.165) is 0 Å². The molecule has 2 aromatic carbocycles. The number of nitrogens with one attached hydrogen (secondary N) is 2. The zero-order chi connectivity index (χ0) is 22.7. The fourth-order valence-electron chi connectivity index (χ4n) is 3.08. The number of amides is 1. The first-order valence-corrected chi connectivity index (χ1v) is 11.0. The van der Waals surface area contributed by atoms with Crippen molar-refractivity contribution >= 4 is 22.0 Å². The van der Waals surface area contributed by atoms with Crippen molar-refractivity contribution in [1.82, 2.24) is 14.6 Å². The largest absolute Gasteiger partial charge is 0.439 e. The highest BCUT2D eigenvalue weighted by Crippen LogP contribution is 2.33. The van der Waals surface area contributed by atoms with Gasteiger partial charge in [-0.15, -0.1) is 0 Å². The summed E-state index contributed by atoms with van der Waals surface area (Å²) in [4.78, 5) is 17.9. The molecular formula is C21H19FN4O5S. The molecule has 0 saturated carbocycles. The Hall–Kier alpha value is -3.70. The van der Waals surface area contributed by atoms with E-state index in [2.05, 4.69) is 14.4 Å². The molecule has 1 aliphatic heterocycles. The normalized spacial score (nSPS) is 13.3. The van der Waals surface area contributed by atoms with Crippen molar-refractivity contribution in [2.24, 2.45) is 0 Å². The van der Waals surface area contributed by atoms with Gasteiger partial charge in [0.05, 0.1) is 18.8 Å². The smallest absolute Gasteiger partial charge is 0.415 e. The van der Waals surface area contributed by atoms with Gasteiger partial charge in [-0.3, -0.25) is 9.62 Å². The van der Waals surface area contributed by atoms with Crippen LogP contribution in [-0.4, -0.2) is 31.4 Å². The van der Waals surface area contributed by atoms with Gasteiger partial charge < -0.3 is 9.47 Å². The maximum absolute atomic E-state index is 14.8. The van der Waals surface area contributed by atoms with Crippen molar-refractivity contribution in [3.05, 3.63) is 77.7 Å². The Kier molecular flexibility index (Phi) is 5.93. The number of carbonyl (C=O) groups is 1. The van der Waals surface area contributed by atoms with E-state index in [4.69, 9.17) is 9.47 Å². The van der Waals surface area contributed by atoms with Gasteiger partial charge in [-0.25, -0.2) is 18.9 Å². The first-order chi connectivity index (χ1) is 15.3. The third-order valence-electron chi connectivity index (χ3n) is 4.67. The van der Waals surface area contributed by atoms with Crippen LogP contribution in [0.5, 0.6) is 17.4 Å². The monoisotopic (exact) mass is 458 g/mol. The number of rotatable bonds is 7. The van der Waals surface area contributed by atoms with E-state index in [1.54, 1.807) is 42.6 Å². The van der Waals surface area contributed by atoms with Gasteiger partial charge in [0.1, 0.15) is 11.5 Å². The van der Waals surface area contributed by atoms with Crippen molar-refractivity contribution in [2.75, 3.05) is 11.8 Å². The minimum Gasteiger partial charge on any atom is -0.439 e. The van der Waals surface area contributed by atoms with Crippen LogP contribution in [0.15, 0.2) is 60.8 Å². The molecule has 0 radical (unpaired) electrons. The number of fused-ring (bicyclic) bond motifs is 1. The van der Waals surface area contributed by atoms with Crippen LogP contribution in [0.3, 0.4) is 0 Å². The molecule has 1 aliphatic rings. The lowest BCUT2D eigenvalue weighted by Gasteiger charge is -2.28. The predicted octanol–water partition coefficient (Wildman–Crippen LogP) is 3.40. The Labute approximate surface area is 184 Å². The van der Waals surface area contributed by atoms with Crippen molar-refractivity contribution in [3.8, 4) is 17.4 Å². The summed E-state index contributed by atoms with van der Waals surface area (Å²) in [6, 6.07) is 14.6. The molecule has 1 aromatic heterocycles. The van der Waals surface area contributed by atoms with Crippen LogP contribution in [0.1, 0.15) is 11.1 Å². The molecule has 0 atom stereocenters. The van der Waals surface area contributed by atoms with Gasteiger partial charge in [0, 0.05) is 36.5 Å². The summed E-state index contributed by atoms with van der Waals surface area (Å²) in [7, 11) is -2.68. The van der Waals surface area contributed by atoms with Gasteiger partial charge in [0.15, 0.2) is 5.82 Å². The summed E-state index contributed by atoms with van der Waals surface area (Å²) in [5.41, 5.74) is 0.626. The molecule has 11 heteroatoms. The molecular weight excluding hydrogens is 439 g/mol. The second kappa shape index (κ2) is 8.81. The molecule has 166 valence electrons. The summed E-state index contributed by atoms with van der Waals surface area (Å²) in [5.74, 6) is 0.430. The standard InChI is InChI=1S/C21H19FN4O5S/c1-23-32(28,29)25-17-6-4-5-15(20(17)22)13-26-12-14-8-9-16(11-18(14)31-21(26)27)30-19-7-2-3-10-24-19/h2-11,23,25H,12-13H2,1H3. The SMILES string of the molecule is CNS(=O)(=O)Nc1cccc(CN2Cc3ccc(Oc4ccccn4)cc3OC2=O)c1F. The summed E-state index contributed by atoms with van der Waals surface area (Å²) < 4.78 is 53.4. The van der Waals surface area contributed by atoms with E-state index in [1.165, 1.54) is 30.1 Å². The van der Waals surface area contributed by atoms with Gasteiger partial charge >= 0.3 is 6.09 Å². The van der Waals surface area contributed by atoms with E-state index >= 15 is 0 Å². The predicted molar refractivity (Wildman–Crippen MR) is 114 cm³/mol. The number of carbonyl (C=O) groups excluding carboxylic acids is 1. The van der Waals surface area contributed by atoms with Gasteiger partial charge in [-0.1, -0.05) is 18.2 Å². The van der Waals surface area contributed by atoms with Crippen LogP contribution in [0.25, 0.3) is 0 Å². The molecule has 3 aromatic rings. The fourth-order valence-corrected chi connectivity index (χ4v) is 3.63. The number of aromatic nitrogens is 1. The first kappa shape index (κ1) is 21.5. The maximum atomic E-state index is 14.8. The molecule has 0 fully saturated rings. The lowest BCUT2D eigenvalue weighted by atomic mass is 10.1. The van der Waals surface area contributed by atoms with Gasteiger partial charge in [-0.05, 0) is 24.3 Å². The third kappa shape index (κ3) is 4.79. The second-order valence-corrected chi connectivity index (χ2v) is 8.47. The van der Waals surface area contributed by atoms with Crippen molar-refractivity contribution in [2.45, 2.75) is 13.1 Å². The highest BCUT2D eigenvalue weighted by atomic mass is 32.2. The quantitative estimate of drug-likeness (QED) is 0.562. The molecule has 1 amide bonds. The Morgan fingerprint density at radius 2 is 2.03 bits per heavy atom. The molecule has 0 aliphatic carbocycles. The number of hydrogen-bond donors (Lipinski definition) is 2. The Balaban J connectivity index is 1.50. The number of hydrogen-bond acceptors (Lipinski definition) is 6. The Bertz CT molecular complexity index is 1250. The van der Waals surface area contributed by atoms with Crippen LogP contribution in [0.4, 0.5) is 14.9 Å². The average Bonchev–Trinajstić information content (AvgIpc) is 2.77. The number of halogens is 1. The summed E-state index contributed by atoms with van der Waals surface area (Å²) in [6.45, 7) is 0.0787. The number of benzene rings is 2. The number of pyridine rings is 1. The summed E-state index contributed by atoms with van der Waals surface area (Å²) >= 11 is 0. The van der Waals surface area contributed by atoms with E-state index in [1.807, 2.05) is 0 Å². The molecule has 32 heavy (non-hydrogen) atoms. The van der Waals surface area contributed by atoms with Crippen molar-refractivity contribution in [1.29, 1.82) is 0 Å². The van der Waals surface area contributed by atoms with Crippen molar-refractivity contribution < 1.29 is 27.1 Å². The van der Waals surface area contributed by atoms with Gasteiger partial charge in [0.25, 0.3) is 10.2 Å². The second-order valence-electron chi connectivity index (χ2n) is 6.85. The molecule has 9 nitrogen and oxygen atoms in total. The maximum Gasteiger partial charge on any atom is 0.415 e. The molecule has 0 spiro atoms. The van der Waals surface area contributed by atoms with E-state index in [-0.39, 0.29) is 24.3 Å². The number of ether oxygens (including phenoxy) is 2. The molecule has 2 heterocycles. The van der Waals surface area contributed by atoms with Crippen LogP contribution in [0, 0.1) is 5.82 Å².